The first-order valence-corrected chi connectivity index (χ1v) is 6.56. The Hall–Kier alpha value is -1.41. The molecule has 1 N–H and O–H groups in total. The highest BCUT2D eigenvalue weighted by molar-refractivity contribution is 7.89. The molecule has 0 amide bonds. The van der Waals surface area contributed by atoms with Crippen molar-refractivity contribution in [2.45, 2.75) is 11.4 Å². The van der Waals surface area contributed by atoms with E-state index in [0.29, 0.717) is 13.0 Å². The summed E-state index contributed by atoms with van der Waals surface area (Å²) in [5.74, 6) is -0.745. The minimum absolute atomic E-state index is 0.0445. The molecule has 1 aromatic rings. The molecule has 7 nitrogen and oxygen atoms in total. The van der Waals surface area contributed by atoms with Gasteiger partial charge in [0.05, 0.1) is 25.6 Å². The van der Waals surface area contributed by atoms with Crippen molar-refractivity contribution in [3.63, 3.8) is 0 Å². The van der Waals surface area contributed by atoms with E-state index in [4.69, 9.17) is 0 Å². The van der Waals surface area contributed by atoms with Crippen molar-refractivity contribution in [3.05, 3.63) is 12.5 Å². The van der Waals surface area contributed by atoms with Gasteiger partial charge in [-0.3, -0.25) is 4.79 Å². The fourth-order valence-corrected chi connectivity index (χ4v) is 3.22. The van der Waals surface area contributed by atoms with E-state index in [1.807, 2.05) is 0 Å². The van der Waals surface area contributed by atoms with Gasteiger partial charge in [-0.25, -0.2) is 13.4 Å². The Morgan fingerprint density at radius 3 is 3.00 bits per heavy atom. The van der Waals surface area contributed by atoms with Crippen LogP contribution in [-0.2, 0) is 19.6 Å². The topological polar surface area (TPSA) is 92.4 Å². The molecule has 17 heavy (non-hydrogen) atoms. The predicted octanol–water partition coefficient (Wildman–Crippen LogP) is -0.407. The first-order valence-electron chi connectivity index (χ1n) is 5.12. The van der Waals surface area contributed by atoms with Gasteiger partial charge in [0.1, 0.15) is 0 Å². The van der Waals surface area contributed by atoms with E-state index in [9.17, 15) is 13.2 Å². The van der Waals surface area contributed by atoms with Crippen LogP contribution in [0.4, 0.5) is 0 Å². The van der Waals surface area contributed by atoms with Gasteiger partial charge in [-0.15, -0.1) is 0 Å². The maximum Gasteiger partial charge on any atom is 0.310 e. The number of aromatic amines is 1. The molecule has 0 bridgehead atoms. The smallest absolute Gasteiger partial charge is 0.310 e. The molecule has 8 heteroatoms. The molecule has 1 aliphatic heterocycles. The monoisotopic (exact) mass is 259 g/mol. The van der Waals surface area contributed by atoms with Crippen molar-refractivity contribution in [2.24, 2.45) is 5.92 Å². The van der Waals surface area contributed by atoms with Gasteiger partial charge in [-0.1, -0.05) is 0 Å². The number of hydrogen-bond acceptors (Lipinski definition) is 5. The first kappa shape index (κ1) is 12.1. The lowest BCUT2D eigenvalue weighted by Gasteiger charge is -2.14. The summed E-state index contributed by atoms with van der Waals surface area (Å²) in [6.45, 7) is 0.481. The van der Waals surface area contributed by atoms with Gasteiger partial charge in [0.2, 0.25) is 0 Å². The van der Waals surface area contributed by atoms with Crippen molar-refractivity contribution < 1.29 is 17.9 Å². The van der Waals surface area contributed by atoms with Crippen LogP contribution in [0.1, 0.15) is 6.42 Å². The number of carbonyl (C=O) groups excluding carboxylic acids is 1. The summed E-state index contributed by atoms with van der Waals surface area (Å²) >= 11 is 0. The van der Waals surface area contributed by atoms with Crippen LogP contribution >= 0.6 is 0 Å². The molecular weight excluding hydrogens is 246 g/mol. The fourth-order valence-electron chi connectivity index (χ4n) is 1.83. The Morgan fingerprint density at radius 1 is 1.65 bits per heavy atom. The second-order valence-corrected chi connectivity index (χ2v) is 5.69. The van der Waals surface area contributed by atoms with E-state index in [1.54, 1.807) is 0 Å². The second-order valence-electron chi connectivity index (χ2n) is 3.79. The third-order valence-corrected chi connectivity index (χ3v) is 4.57. The normalized spacial score (nSPS) is 21.6. The van der Waals surface area contributed by atoms with Crippen LogP contribution in [0.3, 0.4) is 0 Å². The van der Waals surface area contributed by atoms with Gasteiger partial charge in [-0.05, 0) is 6.42 Å². The standard InChI is InChI=1S/C9H13N3O4S/c1-16-9(13)7-2-3-12(5-7)17(14,15)8-4-10-6-11-8/h4,6-7H,2-3,5H2,1H3,(H,10,11). The number of nitrogens with one attached hydrogen (secondary N) is 1. The molecule has 2 rings (SSSR count). The molecule has 1 atom stereocenters. The summed E-state index contributed by atoms with van der Waals surface area (Å²) in [7, 11) is -2.26. The Kier molecular flexibility index (Phi) is 3.16. The third kappa shape index (κ3) is 2.18. The molecule has 0 aliphatic carbocycles. The largest absolute Gasteiger partial charge is 0.469 e. The lowest BCUT2D eigenvalue weighted by Crippen LogP contribution is -2.30. The van der Waals surface area contributed by atoms with E-state index in [1.165, 1.54) is 23.9 Å². The molecule has 1 saturated heterocycles. The molecular formula is C9H13N3O4S. The van der Waals surface area contributed by atoms with Crippen LogP contribution in [0.2, 0.25) is 0 Å². The minimum atomic E-state index is -3.56. The number of H-pyrrole nitrogens is 1. The average molecular weight is 259 g/mol. The Labute approximate surface area is 98.8 Å². The Balaban J connectivity index is 2.14. The summed E-state index contributed by atoms with van der Waals surface area (Å²) in [5.41, 5.74) is 0. The average Bonchev–Trinajstić information content (AvgIpc) is 2.98. The number of sulfonamides is 1. The molecule has 1 unspecified atom stereocenters. The lowest BCUT2D eigenvalue weighted by atomic mass is 10.1. The molecule has 0 aromatic carbocycles. The van der Waals surface area contributed by atoms with Crippen LogP contribution in [0.5, 0.6) is 0 Å². The zero-order valence-electron chi connectivity index (χ0n) is 9.29. The number of hydrogen-bond donors (Lipinski definition) is 1. The van der Waals surface area contributed by atoms with Crippen molar-refractivity contribution in [2.75, 3.05) is 20.2 Å². The molecule has 1 fully saturated rings. The molecule has 0 radical (unpaired) electrons. The molecule has 0 saturated carbocycles. The summed E-state index contributed by atoms with van der Waals surface area (Å²) in [4.78, 5) is 17.5. The first-order chi connectivity index (χ1) is 8.05. The van der Waals surface area contributed by atoms with E-state index < -0.39 is 10.0 Å². The second kappa shape index (κ2) is 4.46. The number of nitrogens with zero attached hydrogens (tertiary/aromatic N) is 2. The van der Waals surface area contributed by atoms with Gasteiger partial charge in [0.15, 0.2) is 5.03 Å². The number of ether oxygens (including phenoxy) is 1. The predicted molar refractivity (Wildman–Crippen MR) is 57.5 cm³/mol. The maximum absolute atomic E-state index is 12.1. The van der Waals surface area contributed by atoms with E-state index in [-0.39, 0.29) is 23.5 Å². The highest BCUT2D eigenvalue weighted by Crippen LogP contribution is 2.23. The number of esters is 1. The quantitative estimate of drug-likeness (QED) is 0.745. The van der Waals surface area contributed by atoms with Crippen molar-refractivity contribution >= 4 is 16.0 Å². The Morgan fingerprint density at radius 2 is 2.41 bits per heavy atom. The zero-order valence-corrected chi connectivity index (χ0v) is 10.1. The van der Waals surface area contributed by atoms with Crippen LogP contribution in [0, 0.1) is 5.92 Å². The molecule has 2 heterocycles. The van der Waals surface area contributed by atoms with Crippen LogP contribution in [0.25, 0.3) is 0 Å². The molecule has 1 aromatic heterocycles. The van der Waals surface area contributed by atoms with Gasteiger partial charge >= 0.3 is 5.97 Å². The number of methoxy groups -OCH3 is 1. The number of aromatic nitrogens is 2. The summed E-state index contributed by atoms with van der Waals surface area (Å²) in [6, 6.07) is 0. The SMILES string of the molecule is COC(=O)C1CCN(S(=O)(=O)c2cnc[nH]2)C1. The van der Waals surface area contributed by atoms with Crippen molar-refractivity contribution in [1.29, 1.82) is 0 Å². The van der Waals surface area contributed by atoms with Gasteiger partial charge in [-0.2, -0.15) is 4.31 Å². The van der Waals surface area contributed by atoms with E-state index >= 15 is 0 Å². The van der Waals surface area contributed by atoms with E-state index in [2.05, 4.69) is 14.7 Å². The Bertz CT molecular complexity index is 496. The number of carbonyl (C=O) groups is 1. The molecule has 1 aliphatic rings. The lowest BCUT2D eigenvalue weighted by molar-refractivity contribution is -0.144. The van der Waals surface area contributed by atoms with Crippen molar-refractivity contribution in [1.82, 2.24) is 14.3 Å². The highest BCUT2D eigenvalue weighted by atomic mass is 32.2. The summed E-state index contributed by atoms with van der Waals surface area (Å²) < 4.78 is 30.0. The number of imidazole rings is 1. The number of rotatable bonds is 3. The van der Waals surface area contributed by atoms with Gasteiger partial charge in [0.25, 0.3) is 10.0 Å². The van der Waals surface area contributed by atoms with E-state index in [0.717, 1.165) is 0 Å². The highest BCUT2D eigenvalue weighted by Gasteiger charge is 2.36. The van der Waals surface area contributed by atoms with Crippen LogP contribution < -0.4 is 0 Å². The maximum atomic E-state index is 12.1. The summed E-state index contributed by atoms with van der Waals surface area (Å²) in [5, 5.41) is 0.0445. The molecule has 94 valence electrons. The minimum Gasteiger partial charge on any atom is -0.469 e. The third-order valence-electron chi connectivity index (χ3n) is 2.78. The fraction of sp³-hybridized carbons (Fsp3) is 0.556. The van der Waals surface area contributed by atoms with Crippen LogP contribution in [-0.4, -0.2) is 48.9 Å². The van der Waals surface area contributed by atoms with Crippen LogP contribution in [0.15, 0.2) is 17.6 Å². The van der Waals surface area contributed by atoms with Crippen molar-refractivity contribution in [3.8, 4) is 0 Å². The van der Waals surface area contributed by atoms with Gasteiger partial charge in [0, 0.05) is 13.1 Å². The zero-order chi connectivity index (χ0) is 12.5. The van der Waals surface area contributed by atoms with Gasteiger partial charge < -0.3 is 9.72 Å². The summed E-state index contributed by atoms with van der Waals surface area (Å²) in [6.07, 6.45) is 3.04. The molecule has 0 spiro atoms.